The monoisotopic (exact) mass is 244 g/mol. The van der Waals surface area contributed by atoms with Gasteiger partial charge in [0.15, 0.2) is 0 Å². The predicted molar refractivity (Wildman–Crippen MR) is 71.2 cm³/mol. The number of nitrogens with zero attached hydrogens (tertiary/aromatic N) is 4. The first-order chi connectivity index (χ1) is 8.77. The van der Waals surface area contributed by atoms with Crippen LogP contribution in [-0.2, 0) is 0 Å². The summed E-state index contributed by atoms with van der Waals surface area (Å²) < 4.78 is 1.72. The van der Waals surface area contributed by atoms with Gasteiger partial charge in [0, 0.05) is 29.7 Å². The van der Waals surface area contributed by atoms with Gasteiger partial charge in [-0.3, -0.25) is 10.1 Å². The van der Waals surface area contributed by atoms with Crippen molar-refractivity contribution < 1.29 is 0 Å². The van der Waals surface area contributed by atoms with E-state index >= 15 is 0 Å². The molecule has 0 bridgehead atoms. The summed E-state index contributed by atoms with van der Waals surface area (Å²) in [7, 11) is 1.85. The van der Waals surface area contributed by atoms with Crippen LogP contribution in [0.2, 0.25) is 0 Å². The first-order valence-corrected chi connectivity index (χ1v) is 5.62. The lowest BCUT2D eigenvalue weighted by atomic mass is 10.1. The molecule has 0 unspecified atom stereocenters. The van der Waals surface area contributed by atoms with Gasteiger partial charge < -0.3 is 5.32 Å². The molecule has 2 N–H and O–H groups in total. The molecule has 0 radical (unpaired) electrons. The fourth-order valence-electron chi connectivity index (χ4n) is 1.80. The summed E-state index contributed by atoms with van der Waals surface area (Å²) in [5, 5.41) is 13.7. The Morgan fingerprint density at radius 3 is 2.94 bits per heavy atom. The zero-order chi connectivity index (χ0) is 13.0. The highest BCUT2D eigenvalue weighted by Crippen LogP contribution is 2.20. The van der Waals surface area contributed by atoms with Crippen LogP contribution in [0.3, 0.4) is 0 Å². The van der Waals surface area contributed by atoms with Crippen molar-refractivity contribution >= 4 is 6.72 Å². The molecule has 6 heteroatoms. The predicted octanol–water partition coefficient (Wildman–Crippen LogP) is 0.728. The Balaban J connectivity index is 2.58. The van der Waals surface area contributed by atoms with Crippen LogP contribution in [0.4, 0.5) is 0 Å². The van der Waals surface area contributed by atoms with E-state index in [0.29, 0.717) is 6.67 Å². The molecule has 94 valence electrons. The summed E-state index contributed by atoms with van der Waals surface area (Å²) in [6.07, 6.45) is 3.63. The maximum absolute atomic E-state index is 4.37. The Morgan fingerprint density at radius 1 is 1.50 bits per heavy atom. The van der Waals surface area contributed by atoms with E-state index in [1.807, 2.05) is 32.3 Å². The number of aromatic nitrogens is 3. The molecule has 0 saturated heterocycles. The first-order valence-electron chi connectivity index (χ1n) is 5.62. The second kappa shape index (κ2) is 5.42. The fraction of sp³-hybridized carbons (Fsp3) is 0.250. The minimum absolute atomic E-state index is 0.542. The van der Waals surface area contributed by atoms with Gasteiger partial charge in [-0.2, -0.15) is 10.2 Å². The van der Waals surface area contributed by atoms with Crippen molar-refractivity contribution in [3.8, 4) is 11.1 Å². The summed E-state index contributed by atoms with van der Waals surface area (Å²) in [5.74, 6) is 0. The number of hydrogen-bond acceptors (Lipinski definition) is 4. The molecule has 6 nitrogen and oxygen atoms in total. The van der Waals surface area contributed by atoms with Gasteiger partial charge >= 0.3 is 0 Å². The van der Waals surface area contributed by atoms with E-state index in [4.69, 9.17) is 0 Å². The molecule has 18 heavy (non-hydrogen) atoms. The lowest BCUT2D eigenvalue weighted by molar-refractivity contribution is 0.729. The van der Waals surface area contributed by atoms with E-state index in [-0.39, 0.29) is 0 Å². The highest BCUT2D eigenvalue weighted by Gasteiger charge is 2.06. The molecule has 0 spiro atoms. The average Bonchev–Trinajstić information content (AvgIpc) is 2.90. The van der Waals surface area contributed by atoms with E-state index in [0.717, 1.165) is 22.3 Å². The Labute approximate surface area is 105 Å². The molecule has 2 aromatic rings. The Hall–Kier alpha value is -2.21. The number of rotatable bonds is 4. The van der Waals surface area contributed by atoms with Crippen molar-refractivity contribution in [2.75, 3.05) is 13.7 Å². The van der Waals surface area contributed by atoms with Gasteiger partial charge in [-0.1, -0.05) is 0 Å². The summed E-state index contributed by atoms with van der Waals surface area (Å²) >= 11 is 0. The summed E-state index contributed by atoms with van der Waals surface area (Å²) in [4.78, 5) is 4.37. The van der Waals surface area contributed by atoms with Crippen molar-refractivity contribution in [2.24, 2.45) is 10.1 Å². The molecule has 0 aromatic carbocycles. The molecule has 0 aliphatic rings. The molecule has 0 amide bonds. The Bertz CT molecular complexity index is 594. The van der Waals surface area contributed by atoms with Crippen molar-refractivity contribution in [3.05, 3.63) is 35.7 Å². The lowest BCUT2D eigenvalue weighted by Crippen LogP contribution is -2.22. The molecule has 0 aliphatic heterocycles. The SMILES string of the molecule is C=Nn1c(C)c(-c2cn[nH]c2)cc/c1=N/CNC. The first kappa shape index (κ1) is 12.3. The average molecular weight is 244 g/mol. The van der Waals surface area contributed by atoms with Crippen molar-refractivity contribution in [3.63, 3.8) is 0 Å². The van der Waals surface area contributed by atoms with Crippen molar-refractivity contribution in [1.29, 1.82) is 0 Å². The minimum Gasteiger partial charge on any atom is -0.301 e. The molecule has 0 fully saturated rings. The molecule has 2 heterocycles. The van der Waals surface area contributed by atoms with E-state index in [1.165, 1.54) is 0 Å². The van der Waals surface area contributed by atoms with Crippen LogP contribution in [-0.4, -0.2) is 35.3 Å². The minimum atomic E-state index is 0.542. The smallest absolute Gasteiger partial charge is 0.150 e. The number of H-pyrrole nitrogens is 1. The van der Waals surface area contributed by atoms with Crippen molar-refractivity contribution in [2.45, 2.75) is 6.92 Å². The largest absolute Gasteiger partial charge is 0.301 e. The second-order valence-corrected chi connectivity index (χ2v) is 3.80. The van der Waals surface area contributed by atoms with Gasteiger partial charge in [-0.15, -0.1) is 0 Å². The van der Waals surface area contributed by atoms with Crippen LogP contribution in [0, 0.1) is 6.92 Å². The second-order valence-electron chi connectivity index (χ2n) is 3.80. The van der Waals surface area contributed by atoms with Gasteiger partial charge in [0.05, 0.1) is 12.9 Å². The summed E-state index contributed by atoms with van der Waals surface area (Å²) in [6.45, 7) is 6.12. The fourth-order valence-corrected chi connectivity index (χ4v) is 1.80. The van der Waals surface area contributed by atoms with Gasteiger partial charge in [-0.05, 0) is 26.1 Å². The van der Waals surface area contributed by atoms with Crippen molar-refractivity contribution in [1.82, 2.24) is 20.2 Å². The maximum atomic E-state index is 4.37. The zero-order valence-electron chi connectivity index (χ0n) is 10.5. The standard InChI is InChI=1S/C12H16N6/c1-9-11(10-6-16-17-7-10)4-5-12(15-8-13-2)18(9)14-3/h4-7,13H,3,8H2,1-2H3,(H,16,17)/b15-12-. The number of hydrogen-bond donors (Lipinski definition) is 2. The molecule has 0 saturated carbocycles. The van der Waals surface area contributed by atoms with Crippen LogP contribution < -0.4 is 10.8 Å². The van der Waals surface area contributed by atoms with Gasteiger partial charge in [-0.25, -0.2) is 4.68 Å². The van der Waals surface area contributed by atoms with E-state index in [1.54, 1.807) is 10.9 Å². The quantitative estimate of drug-likeness (QED) is 0.778. The number of pyridine rings is 1. The van der Waals surface area contributed by atoms with Crippen LogP contribution in [0.1, 0.15) is 5.69 Å². The van der Waals surface area contributed by atoms with E-state index in [2.05, 4.69) is 32.3 Å². The Morgan fingerprint density at radius 2 is 2.33 bits per heavy atom. The molecular weight excluding hydrogens is 228 g/mol. The van der Waals surface area contributed by atoms with E-state index in [9.17, 15) is 0 Å². The molecule has 2 rings (SSSR count). The number of nitrogens with one attached hydrogen (secondary N) is 2. The maximum Gasteiger partial charge on any atom is 0.150 e. The molecule has 2 aromatic heterocycles. The van der Waals surface area contributed by atoms with Gasteiger partial charge in [0.2, 0.25) is 0 Å². The van der Waals surface area contributed by atoms with Gasteiger partial charge in [0.1, 0.15) is 5.49 Å². The number of aromatic amines is 1. The third-order valence-electron chi connectivity index (χ3n) is 2.67. The normalized spacial score (nSPS) is 11.8. The molecule has 0 atom stereocenters. The lowest BCUT2D eigenvalue weighted by Gasteiger charge is -2.09. The highest BCUT2D eigenvalue weighted by atomic mass is 15.4. The third kappa shape index (κ3) is 2.23. The van der Waals surface area contributed by atoms with Crippen LogP contribution >= 0.6 is 0 Å². The summed E-state index contributed by atoms with van der Waals surface area (Å²) in [5.41, 5.74) is 3.82. The summed E-state index contributed by atoms with van der Waals surface area (Å²) in [6, 6.07) is 3.93. The molecular formula is C12H16N6. The van der Waals surface area contributed by atoms with Gasteiger partial charge in [0.25, 0.3) is 0 Å². The molecule has 0 aliphatic carbocycles. The Kier molecular flexibility index (Phi) is 3.69. The zero-order valence-corrected chi connectivity index (χ0v) is 10.5. The topological polar surface area (TPSA) is 70.4 Å². The van der Waals surface area contributed by atoms with E-state index < -0.39 is 0 Å². The highest BCUT2D eigenvalue weighted by molar-refractivity contribution is 5.63. The van der Waals surface area contributed by atoms with Crippen LogP contribution in [0.25, 0.3) is 11.1 Å². The van der Waals surface area contributed by atoms with Crippen LogP contribution in [0.5, 0.6) is 0 Å². The third-order valence-corrected chi connectivity index (χ3v) is 2.67. The van der Waals surface area contributed by atoms with Crippen LogP contribution in [0.15, 0.2) is 34.6 Å².